The van der Waals surface area contributed by atoms with E-state index in [0.29, 0.717) is 19.1 Å². The van der Waals surface area contributed by atoms with E-state index in [1.807, 2.05) is 12.1 Å². The minimum Gasteiger partial charge on any atom is -0.494 e. The van der Waals surface area contributed by atoms with Gasteiger partial charge in [-0.1, -0.05) is 12.1 Å². The summed E-state index contributed by atoms with van der Waals surface area (Å²) in [4.78, 5) is 0. The summed E-state index contributed by atoms with van der Waals surface area (Å²) < 4.78 is 11.1. The first-order chi connectivity index (χ1) is 8.88. The van der Waals surface area contributed by atoms with E-state index >= 15 is 0 Å². The molecular formula is C15H22O3. The maximum absolute atomic E-state index is 8.66. The predicted octanol–water partition coefficient (Wildman–Crippen LogP) is 2.56. The SMILES string of the molecule is OCCCOc1ccc(CCCOC2CC2)cc1. The zero-order valence-electron chi connectivity index (χ0n) is 10.8. The van der Waals surface area contributed by atoms with Crippen LogP contribution in [0.5, 0.6) is 5.75 Å². The molecule has 0 atom stereocenters. The second-order valence-electron chi connectivity index (χ2n) is 4.74. The molecule has 0 bridgehead atoms. The van der Waals surface area contributed by atoms with Gasteiger partial charge in [0.05, 0.1) is 12.7 Å². The Morgan fingerprint density at radius 1 is 1.06 bits per heavy atom. The van der Waals surface area contributed by atoms with Crippen LogP contribution in [0, 0.1) is 0 Å². The summed E-state index contributed by atoms with van der Waals surface area (Å²) in [5.74, 6) is 0.876. The van der Waals surface area contributed by atoms with Crippen molar-refractivity contribution in [2.75, 3.05) is 19.8 Å². The molecule has 0 saturated heterocycles. The van der Waals surface area contributed by atoms with Gasteiger partial charge in [0.1, 0.15) is 5.75 Å². The standard InChI is InChI=1S/C15H22O3/c16-10-2-12-18-14-6-4-13(5-7-14)3-1-11-17-15-8-9-15/h4-7,15-16H,1-3,8-12H2. The second-order valence-corrected chi connectivity index (χ2v) is 4.74. The van der Waals surface area contributed by atoms with E-state index in [4.69, 9.17) is 14.6 Å². The van der Waals surface area contributed by atoms with Crippen LogP contribution in [0.4, 0.5) is 0 Å². The van der Waals surface area contributed by atoms with Gasteiger partial charge >= 0.3 is 0 Å². The summed E-state index contributed by atoms with van der Waals surface area (Å²) in [6, 6.07) is 8.19. The summed E-state index contributed by atoms with van der Waals surface area (Å²) in [7, 11) is 0. The highest BCUT2D eigenvalue weighted by Crippen LogP contribution is 2.23. The van der Waals surface area contributed by atoms with E-state index in [1.54, 1.807) is 0 Å². The molecule has 0 radical (unpaired) electrons. The monoisotopic (exact) mass is 250 g/mol. The molecule has 0 heterocycles. The average molecular weight is 250 g/mol. The Morgan fingerprint density at radius 3 is 2.50 bits per heavy atom. The molecule has 1 aromatic rings. The van der Waals surface area contributed by atoms with Crippen LogP contribution in [0.15, 0.2) is 24.3 Å². The van der Waals surface area contributed by atoms with Crippen LogP contribution < -0.4 is 4.74 Å². The van der Waals surface area contributed by atoms with Crippen molar-refractivity contribution in [1.29, 1.82) is 0 Å². The Hall–Kier alpha value is -1.06. The van der Waals surface area contributed by atoms with Gasteiger partial charge in [-0.3, -0.25) is 0 Å². The van der Waals surface area contributed by atoms with E-state index in [0.717, 1.165) is 25.2 Å². The maximum Gasteiger partial charge on any atom is 0.119 e. The fourth-order valence-corrected chi connectivity index (χ4v) is 1.77. The smallest absolute Gasteiger partial charge is 0.119 e. The molecule has 1 aromatic carbocycles. The highest BCUT2D eigenvalue weighted by atomic mass is 16.5. The number of aliphatic hydroxyl groups is 1. The van der Waals surface area contributed by atoms with Gasteiger partial charge in [0, 0.05) is 19.6 Å². The van der Waals surface area contributed by atoms with Crippen molar-refractivity contribution < 1.29 is 14.6 Å². The van der Waals surface area contributed by atoms with Crippen molar-refractivity contribution in [1.82, 2.24) is 0 Å². The number of aliphatic hydroxyl groups excluding tert-OH is 1. The van der Waals surface area contributed by atoms with Crippen LogP contribution in [0.25, 0.3) is 0 Å². The van der Waals surface area contributed by atoms with Crippen LogP contribution in [0.2, 0.25) is 0 Å². The van der Waals surface area contributed by atoms with E-state index < -0.39 is 0 Å². The molecule has 3 heteroatoms. The highest BCUT2D eigenvalue weighted by Gasteiger charge is 2.21. The molecule has 0 spiro atoms. The first kappa shape index (κ1) is 13.4. The average Bonchev–Trinajstić information content (AvgIpc) is 3.21. The number of aryl methyl sites for hydroxylation is 1. The van der Waals surface area contributed by atoms with Crippen molar-refractivity contribution in [3.8, 4) is 5.75 Å². The number of hydrogen-bond donors (Lipinski definition) is 1. The lowest BCUT2D eigenvalue weighted by Crippen LogP contribution is -2.00. The molecule has 100 valence electrons. The van der Waals surface area contributed by atoms with Gasteiger partial charge in [0.2, 0.25) is 0 Å². The third kappa shape index (κ3) is 5.07. The molecule has 1 aliphatic rings. The van der Waals surface area contributed by atoms with Crippen molar-refractivity contribution in [3.05, 3.63) is 29.8 Å². The quantitative estimate of drug-likeness (QED) is 0.685. The first-order valence-electron chi connectivity index (χ1n) is 6.82. The topological polar surface area (TPSA) is 38.7 Å². The summed E-state index contributed by atoms with van der Waals surface area (Å²) in [6.07, 6.45) is 5.89. The van der Waals surface area contributed by atoms with Crippen LogP contribution in [0.1, 0.15) is 31.2 Å². The zero-order valence-corrected chi connectivity index (χ0v) is 10.8. The van der Waals surface area contributed by atoms with Crippen LogP contribution in [0.3, 0.4) is 0 Å². The summed E-state index contributed by atoms with van der Waals surface area (Å²) in [5.41, 5.74) is 1.32. The van der Waals surface area contributed by atoms with Crippen molar-refractivity contribution in [2.24, 2.45) is 0 Å². The van der Waals surface area contributed by atoms with Crippen molar-refractivity contribution in [3.63, 3.8) is 0 Å². The zero-order chi connectivity index (χ0) is 12.6. The molecule has 1 saturated carbocycles. The van der Waals surface area contributed by atoms with E-state index in [9.17, 15) is 0 Å². The minimum absolute atomic E-state index is 0.180. The van der Waals surface area contributed by atoms with Crippen molar-refractivity contribution in [2.45, 2.75) is 38.2 Å². The third-order valence-corrected chi connectivity index (χ3v) is 2.98. The predicted molar refractivity (Wildman–Crippen MR) is 70.9 cm³/mol. The first-order valence-corrected chi connectivity index (χ1v) is 6.82. The van der Waals surface area contributed by atoms with E-state index in [-0.39, 0.29) is 6.61 Å². The molecule has 1 N–H and O–H groups in total. The molecule has 2 rings (SSSR count). The molecule has 0 unspecified atom stereocenters. The number of rotatable bonds is 9. The lowest BCUT2D eigenvalue weighted by Gasteiger charge is -2.06. The fraction of sp³-hybridized carbons (Fsp3) is 0.600. The van der Waals surface area contributed by atoms with Crippen molar-refractivity contribution >= 4 is 0 Å². The molecule has 18 heavy (non-hydrogen) atoms. The fourth-order valence-electron chi connectivity index (χ4n) is 1.77. The Balaban J connectivity index is 1.62. The van der Waals surface area contributed by atoms with E-state index in [2.05, 4.69) is 12.1 Å². The second kappa shape index (κ2) is 7.39. The maximum atomic E-state index is 8.66. The highest BCUT2D eigenvalue weighted by molar-refractivity contribution is 5.27. The van der Waals surface area contributed by atoms with Gasteiger partial charge < -0.3 is 14.6 Å². The van der Waals surface area contributed by atoms with Gasteiger partial charge in [-0.15, -0.1) is 0 Å². The molecule has 0 aliphatic heterocycles. The number of hydrogen-bond acceptors (Lipinski definition) is 3. The largest absolute Gasteiger partial charge is 0.494 e. The van der Waals surface area contributed by atoms with E-state index in [1.165, 1.54) is 18.4 Å². The summed E-state index contributed by atoms with van der Waals surface area (Å²) in [6.45, 7) is 1.63. The molecule has 1 fully saturated rings. The van der Waals surface area contributed by atoms with Gasteiger partial charge in [-0.2, -0.15) is 0 Å². The normalized spacial score (nSPS) is 14.7. The minimum atomic E-state index is 0.180. The molecular weight excluding hydrogens is 228 g/mol. The Kier molecular flexibility index (Phi) is 5.49. The third-order valence-electron chi connectivity index (χ3n) is 2.98. The Bertz CT molecular complexity index is 330. The summed E-state index contributed by atoms with van der Waals surface area (Å²) in [5, 5.41) is 8.66. The molecule has 3 nitrogen and oxygen atoms in total. The Labute approximate surface area is 109 Å². The lowest BCUT2D eigenvalue weighted by molar-refractivity contribution is 0.117. The van der Waals surface area contributed by atoms with Gasteiger partial charge in [-0.25, -0.2) is 0 Å². The van der Waals surface area contributed by atoms with Crippen LogP contribution >= 0.6 is 0 Å². The van der Waals surface area contributed by atoms with Crippen LogP contribution in [-0.4, -0.2) is 31.0 Å². The van der Waals surface area contributed by atoms with Gasteiger partial charge in [0.25, 0.3) is 0 Å². The number of ether oxygens (including phenoxy) is 2. The molecule has 1 aliphatic carbocycles. The van der Waals surface area contributed by atoms with Gasteiger partial charge in [0.15, 0.2) is 0 Å². The lowest BCUT2D eigenvalue weighted by atomic mass is 10.1. The molecule has 0 amide bonds. The van der Waals surface area contributed by atoms with Crippen LogP contribution in [-0.2, 0) is 11.2 Å². The molecule has 0 aromatic heterocycles. The van der Waals surface area contributed by atoms with Gasteiger partial charge in [-0.05, 0) is 43.4 Å². The summed E-state index contributed by atoms with van der Waals surface area (Å²) >= 11 is 0. The Morgan fingerprint density at radius 2 is 1.83 bits per heavy atom. The number of benzene rings is 1.